The monoisotopic (exact) mass is 201 g/mol. The Morgan fingerprint density at radius 1 is 1.33 bits per heavy atom. The lowest BCUT2D eigenvalue weighted by molar-refractivity contribution is 0.798. The van der Waals surface area contributed by atoms with Crippen LogP contribution in [0.2, 0.25) is 0 Å². The molecular formula is C14H19N. The van der Waals surface area contributed by atoms with Crippen LogP contribution >= 0.6 is 0 Å². The second kappa shape index (κ2) is 4.19. The smallest absolute Gasteiger partial charge is 0.0205 e. The van der Waals surface area contributed by atoms with Gasteiger partial charge in [-0.3, -0.25) is 0 Å². The van der Waals surface area contributed by atoms with Crippen LogP contribution in [-0.4, -0.2) is 7.05 Å². The van der Waals surface area contributed by atoms with E-state index in [-0.39, 0.29) is 0 Å². The molecule has 1 aromatic carbocycles. The van der Waals surface area contributed by atoms with E-state index in [1.807, 2.05) is 7.05 Å². The first kappa shape index (κ1) is 10.4. The molecule has 15 heavy (non-hydrogen) atoms. The molecule has 0 atom stereocenters. The number of rotatable bonds is 3. The van der Waals surface area contributed by atoms with Crippen molar-refractivity contribution >= 4 is 6.08 Å². The quantitative estimate of drug-likeness (QED) is 0.792. The minimum atomic E-state index is 0.611. The van der Waals surface area contributed by atoms with Crippen LogP contribution in [0.15, 0.2) is 18.2 Å². The highest BCUT2D eigenvalue weighted by atomic mass is 14.8. The summed E-state index contributed by atoms with van der Waals surface area (Å²) in [5.41, 5.74) is 5.84. The van der Waals surface area contributed by atoms with Gasteiger partial charge >= 0.3 is 0 Å². The van der Waals surface area contributed by atoms with Crippen molar-refractivity contribution in [2.24, 2.45) is 0 Å². The number of hydrogen-bond donors (Lipinski definition) is 1. The van der Waals surface area contributed by atoms with Gasteiger partial charge in [-0.15, -0.1) is 0 Å². The van der Waals surface area contributed by atoms with E-state index in [4.69, 9.17) is 0 Å². The molecule has 0 heterocycles. The van der Waals surface area contributed by atoms with E-state index in [9.17, 15) is 0 Å². The number of fused-ring (bicyclic) bond motifs is 1. The molecule has 1 aromatic rings. The van der Waals surface area contributed by atoms with E-state index in [1.165, 1.54) is 22.3 Å². The predicted molar refractivity (Wildman–Crippen MR) is 66.0 cm³/mol. The first-order chi connectivity index (χ1) is 7.22. The molecule has 0 aromatic heterocycles. The third-order valence-electron chi connectivity index (χ3n) is 3.05. The Bertz CT molecular complexity index is 389. The van der Waals surface area contributed by atoms with Gasteiger partial charge in [0.1, 0.15) is 0 Å². The summed E-state index contributed by atoms with van der Waals surface area (Å²) in [5, 5.41) is 3.25. The largest absolute Gasteiger partial charge is 0.316 e. The summed E-state index contributed by atoms with van der Waals surface area (Å²) in [5.74, 6) is 0.611. The summed E-state index contributed by atoms with van der Waals surface area (Å²) in [4.78, 5) is 0. The van der Waals surface area contributed by atoms with Crippen LogP contribution in [0.5, 0.6) is 0 Å². The van der Waals surface area contributed by atoms with Crippen molar-refractivity contribution in [3.05, 3.63) is 40.5 Å². The number of benzene rings is 1. The minimum Gasteiger partial charge on any atom is -0.316 e. The predicted octanol–water partition coefficient (Wildman–Crippen LogP) is 3.10. The second-order valence-electron chi connectivity index (χ2n) is 4.54. The fourth-order valence-electron chi connectivity index (χ4n) is 2.16. The van der Waals surface area contributed by atoms with Gasteiger partial charge in [0, 0.05) is 6.54 Å². The van der Waals surface area contributed by atoms with Gasteiger partial charge in [-0.25, -0.2) is 0 Å². The molecule has 1 aliphatic rings. The Balaban J connectivity index is 2.46. The summed E-state index contributed by atoms with van der Waals surface area (Å²) in [7, 11) is 2.01. The average Bonchev–Trinajstić information content (AvgIpc) is 2.65. The number of hydrogen-bond acceptors (Lipinski definition) is 1. The molecule has 0 fully saturated rings. The van der Waals surface area contributed by atoms with Crippen molar-refractivity contribution in [1.29, 1.82) is 0 Å². The molecule has 1 heteroatoms. The highest BCUT2D eigenvalue weighted by Gasteiger charge is 2.12. The van der Waals surface area contributed by atoms with E-state index in [2.05, 4.69) is 43.4 Å². The minimum absolute atomic E-state index is 0.611. The highest BCUT2D eigenvalue weighted by Crippen LogP contribution is 2.28. The summed E-state index contributed by atoms with van der Waals surface area (Å²) >= 11 is 0. The Labute approximate surface area is 92.2 Å². The van der Waals surface area contributed by atoms with Crippen LogP contribution < -0.4 is 5.32 Å². The Morgan fingerprint density at radius 3 is 2.80 bits per heavy atom. The molecule has 80 valence electrons. The molecule has 1 N–H and O–H groups in total. The third-order valence-corrected chi connectivity index (χ3v) is 3.05. The maximum Gasteiger partial charge on any atom is 0.0205 e. The molecule has 0 saturated carbocycles. The Morgan fingerprint density at radius 2 is 2.13 bits per heavy atom. The third kappa shape index (κ3) is 1.98. The highest BCUT2D eigenvalue weighted by molar-refractivity contribution is 5.63. The van der Waals surface area contributed by atoms with Gasteiger partial charge in [0.15, 0.2) is 0 Å². The van der Waals surface area contributed by atoms with Crippen molar-refractivity contribution in [2.45, 2.75) is 32.7 Å². The zero-order chi connectivity index (χ0) is 10.8. The SMILES string of the molecule is CNCc1cc(C(C)C)cc2c1CC=C2. The molecule has 0 aliphatic heterocycles. The van der Waals surface area contributed by atoms with Crippen molar-refractivity contribution in [3.8, 4) is 0 Å². The maximum absolute atomic E-state index is 3.25. The van der Waals surface area contributed by atoms with Crippen molar-refractivity contribution in [3.63, 3.8) is 0 Å². The maximum atomic E-state index is 3.25. The Hall–Kier alpha value is -1.08. The van der Waals surface area contributed by atoms with Gasteiger partial charge < -0.3 is 5.32 Å². The molecule has 0 spiro atoms. The van der Waals surface area contributed by atoms with Crippen LogP contribution in [0.1, 0.15) is 42.0 Å². The lowest BCUT2D eigenvalue weighted by atomic mass is 9.94. The average molecular weight is 201 g/mol. The van der Waals surface area contributed by atoms with Crippen LogP contribution in [-0.2, 0) is 13.0 Å². The zero-order valence-corrected chi connectivity index (χ0v) is 9.80. The topological polar surface area (TPSA) is 12.0 Å². The summed E-state index contributed by atoms with van der Waals surface area (Å²) in [6, 6.07) is 4.69. The van der Waals surface area contributed by atoms with Gasteiger partial charge in [0.2, 0.25) is 0 Å². The van der Waals surface area contributed by atoms with Crippen LogP contribution in [0.3, 0.4) is 0 Å². The van der Waals surface area contributed by atoms with Gasteiger partial charge in [-0.1, -0.05) is 38.1 Å². The number of nitrogens with one attached hydrogen (secondary N) is 1. The van der Waals surface area contributed by atoms with Crippen molar-refractivity contribution < 1.29 is 0 Å². The van der Waals surface area contributed by atoms with Crippen LogP contribution in [0.4, 0.5) is 0 Å². The zero-order valence-electron chi connectivity index (χ0n) is 9.80. The fourth-order valence-corrected chi connectivity index (χ4v) is 2.16. The molecule has 0 bridgehead atoms. The van der Waals surface area contributed by atoms with Gasteiger partial charge in [-0.05, 0) is 41.6 Å². The Kier molecular flexibility index (Phi) is 2.92. The summed E-state index contributed by atoms with van der Waals surface area (Å²) < 4.78 is 0. The van der Waals surface area contributed by atoms with E-state index in [0.717, 1.165) is 13.0 Å². The normalized spacial score (nSPS) is 13.6. The molecule has 0 saturated heterocycles. The van der Waals surface area contributed by atoms with Crippen LogP contribution in [0, 0.1) is 0 Å². The van der Waals surface area contributed by atoms with E-state index in [1.54, 1.807) is 0 Å². The molecular weight excluding hydrogens is 182 g/mol. The van der Waals surface area contributed by atoms with E-state index in [0.29, 0.717) is 5.92 Å². The molecule has 0 amide bonds. The van der Waals surface area contributed by atoms with Crippen molar-refractivity contribution in [1.82, 2.24) is 5.32 Å². The second-order valence-corrected chi connectivity index (χ2v) is 4.54. The van der Waals surface area contributed by atoms with Gasteiger partial charge in [0.25, 0.3) is 0 Å². The fraction of sp³-hybridized carbons (Fsp3) is 0.429. The van der Waals surface area contributed by atoms with Gasteiger partial charge in [-0.2, -0.15) is 0 Å². The van der Waals surface area contributed by atoms with E-state index < -0.39 is 0 Å². The van der Waals surface area contributed by atoms with Crippen LogP contribution in [0.25, 0.3) is 6.08 Å². The standard InChI is InChI=1S/C14H19N/c1-10(2)12-7-11-5-4-6-14(11)13(8-12)9-15-3/h4-5,7-8,10,15H,6,9H2,1-3H3. The van der Waals surface area contributed by atoms with E-state index >= 15 is 0 Å². The first-order valence-electron chi connectivity index (χ1n) is 5.69. The van der Waals surface area contributed by atoms with Gasteiger partial charge in [0.05, 0.1) is 0 Å². The molecule has 0 unspecified atom stereocenters. The lowest BCUT2D eigenvalue weighted by Gasteiger charge is -2.13. The number of allylic oxidation sites excluding steroid dienone is 1. The summed E-state index contributed by atoms with van der Waals surface area (Å²) in [6.07, 6.45) is 5.61. The molecule has 2 rings (SSSR count). The molecule has 1 nitrogen and oxygen atoms in total. The molecule has 0 radical (unpaired) electrons. The summed E-state index contributed by atoms with van der Waals surface area (Å²) in [6.45, 7) is 5.48. The first-order valence-corrected chi connectivity index (χ1v) is 5.69. The lowest BCUT2D eigenvalue weighted by Crippen LogP contribution is -2.09. The van der Waals surface area contributed by atoms with Crippen molar-refractivity contribution in [2.75, 3.05) is 7.05 Å². The molecule has 1 aliphatic carbocycles.